The number of rotatable bonds is 9. The van der Waals surface area contributed by atoms with E-state index in [4.69, 9.17) is 0 Å². The second-order valence-corrected chi connectivity index (χ2v) is 6.17. The van der Waals surface area contributed by atoms with Crippen molar-refractivity contribution < 1.29 is 84.1 Å². The molecule has 31 heavy (non-hydrogen) atoms. The minimum absolute atomic E-state index is 0.986. The van der Waals surface area contributed by atoms with Crippen LogP contribution in [0, 0.1) is 0 Å². The van der Waals surface area contributed by atoms with E-state index >= 15 is 0 Å². The zero-order chi connectivity index (χ0) is 25.9. The lowest BCUT2D eigenvalue weighted by molar-refractivity contribution is -0.541. The minimum atomic E-state index is -7.60. The largest absolute Gasteiger partial charge is 0.458 e. The maximum atomic E-state index is 13.8. The highest BCUT2D eigenvalue weighted by Gasteiger charge is 2.84. The third kappa shape index (κ3) is 4.90. The highest BCUT2D eigenvalue weighted by molar-refractivity contribution is 5.02. The lowest BCUT2D eigenvalue weighted by Crippen LogP contribution is -2.68. The highest BCUT2D eigenvalue weighted by atomic mass is 19.4. The molecular weight excluding hydrogens is 499 g/mol. The molecule has 0 heterocycles. The molecule has 0 saturated heterocycles. The Morgan fingerprint density at radius 3 is 1.03 bits per heavy atom. The molecule has 0 aromatic heterocycles. The highest BCUT2D eigenvalue weighted by Crippen LogP contribution is 2.57. The van der Waals surface area contributed by atoms with E-state index in [0.717, 1.165) is 0 Å². The Balaban J connectivity index is 6.53. The fraction of sp³-hybridized carbons (Fsp3) is 1.00. The van der Waals surface area contributed by atoms with Crippen molar-refractivity contribution in [3.63, 3.8) is 0 Å². The van der Waals surface area contributed by atoms with Gasteiger partial charge in [-0.2, -0.15) is 70.2 Å². The van der Waals surface area contributed by atoms with Crippen molar-refractivity contribution in [2.45, 2.75) is 74.6 Å². The third-order valence-corrected chi connectivity index (χ3v) is 3.35. The van der Waals surface area contributed by atoms with Crippen molar-refractivity contribution in [2.24, 2.45) is 0 Å². The number of hydrogen-bond acceptors (Lipinski definition) is 2. The van der Waals surface area contributed by atoms with Crippen molar-refractivity contribution >= 4 is 0 Å². The van der Waals surface area contributed by atoms with Gasteiger partial charge in [-0.1, -0.05) is 0 Å². The molecule has 2 unspecified atom stereocenters. The maximum Gasteiger partial charge on any atom is 0.458 e. The molecule has 0 aliphatic heterocycles. The van der Waals surface area contributed by atoms with Gasteiger partial charge in [0.05, 0.1) is 0 Å². The topological polar surface area (TPSA) is 18.5 Å². The summed E-state index contributed by atoms with van der Waals surface area (Å²) in [7, 11) is 0. The smallest absolute Gasteiger partial charge is 0.272 e. The molecule has 0 saturated carbocycles. The summed E-state index contributed by atoms with van der Waals surface area (Å²) in [5.41, 5.74) is 0. The number of halogens is 17. The molecule has 0 radical (unpaired) electrons. The molecule has 0 fully saturated rings. The molecule has 0 aliphatic rings. The van der Waals surface area contributed by atoms with Crippen LogP contribution in [0.15, 0.2) is 0 Å². The first-order chi connectivity index (χ1) is 12.9. The van der Waals surface area contributed by atoms with Crippen LogP contribution < -0.4 is 0 Å². The van der Waals surface area contributed by atoms with Crippen LogP contribution in [-0.4, -0.2) is 53.8 Å². The van der Waals surface area contributed by atoms with Crippen molar-refractivity contribution in [1.29, 1.82) is 0 Å². The monoisotopic (exact) mass is 508 g/mol. The Kier molecular flexibility index (Phi) is 7.07. The van der Waals surface area contributed by atoms with Crippen molar-refractivity contribution in [3.05, 3.63) is 0 Å². The number of ether oxygens (including phenoxy) is 2. The van der Waals surface area contributed by atoms with Gasteiger partial charge in [0.25, 0.3) is 5.85 Å². The average molecular weight is 508 g/mol. The van der Waals surface area contributed by atoms with Gasteiger partial charge < -0.3 is 0 Å². The Bertz CT molecular complexity index is 641. The Hall–Kier alpha value is -1.27. The quantitative estimate of drug-likeness (QED) is 0.323. The van der Waals surface area contributed by atoms with Crippen LogP contribution >= 0.6 is 0 Å². The molecule has 188 valence electrons. The molecule has 19 heteroatoms. The van der Waals surface area contributed by atoms with E-state index < -0.39 is 74.6 Å². The summed E-state index contributed by atoms with van der Waals surface area (Å²) in [5, 5.41) is 0. The molecule has 0 spiro atoms. The van der Waals surface area contributed by atoms with Crippen LogP contribution in [0.4, 0.5) is 74.6 Å². The van der Waals surface area contributed by atoms with Gasteiger partial charge in [-0.05, 0) is 0 Å². The summed E-state index contributed by atoms with van der Waals surface area (Å²) in [5.74, 6) is -40.0. The van der Waals surface area contributed by atoms with E-state index in [1.165, 1.54) is 0 Å². The maximum absolute atomic E-state index is 13.8. The van der Waals surface area contributed by atoms with E-state index in [9.17, 15) is 74.6 Å². The molecule has 0 rings (SSSR count). The van der Waals surface area contributed by atoms with Crippen molar-refractivity contribution in [2.75, 3.05) is 0 Å². The molecule has 0 aromatic carbocycles. The second-order valence-electron chi connectivity index (χ2n) is 6.17. The fourth-order valence-corrected chi connectivity index (χ4v) is 1.48. The molecule has 0 aliphatic carbocycles. The molecule has 2 nitrogen and oxygen atoms in total. The number of alkyl halides is 17. The van der Waals surface area contributed by atoms with Crippen molar-refractivity contribution in [3.8, 4) is 0 Å². The first-order valence-electron chi connectivity index (χ1n) is 7.03. The first kappa shape index (κ1) is 29.7. The van der Waals surface area contributed by atoms with Crippen LogP contribution in [0.1, 0.15) is 20.8 Å². The Morgan fingerprint density at radius 2 is 0.774 bits per heavy atom. The first-order valence-corrected chi connectivity index (χ1v) is 7.03. The van der Waals surface area contributed by atoms with Gasteiger partial charge in [-0.25, -0.2) is 4.39 Å². The molecule has 0 bridgehead atoms. The van der Waals surface area contributed by atoms with Crippen LogP contribution in [0.2, 0.25) is 0 Å². The van der Waals surface area contributed by atoms with E-state index in [-0.39, 0.29) is 0 Å². The fourth-order valence-electron chi connectivity index (χ4n) is 1.48. The summed E-state index contributed by atoms with van der Waals surface area (Å²) in [6.07, 6.45) is -22.0. The van der Waals surface area contributed by atoms with Crippen LogP contribution in [-0.2, 0) is 9.47 Å². The van der Waals surface area contributed by atoms with Gasteiger partial charge in [0.1, 0.15) is 0 Å². The zero-order valence-corrected chi connectivity index (χ0v) is 14.7. The van der Waals surface area contributed by atoms with Gasteiger partial charge in [-0.3, -0.25) is 9.47 Å². The SMILES string of the molecule is CC(F)(F)C(F)(F)OC(F)(C(F)(F)F)C(F)(F)OC(C)(F)C(F)(F)C(F)(F)C(C)(F)F. The molecule has 0 amide bonds. The molecule has 2 atom stereocenters. The summed E-state index contributed by atoms with van der Waals surface area (Å²) in [6, 6.07) is 0. The van der Waals surface area contributed by atoms with Crippen LogP contribution in [0.3, 0.4) is 0 Å². The predicted molar refractivity (Wildman–Crippen MR) is 62.6 cm³/mol. The minimum Gasteiger partial charge on any atom is -0.272 e. The summed E-state index contributed by atoms with van der Waals surface area (Å²) in [4.78, 5) is 0. The molecule has 0 aromatic rings. The lowest BCUT2D eigenvalue weighted by atomic mass is 9.99. The Morgan fingerprint density at radius 1 is 0.419 bits per heavy atom. The van der Waals surface area contributed by atoms with E-state index in [2.05, 4.69) is 0 Å². The Labute approximate surface area is 160 Å². The average Bonchev–Trinajstić information content (AvgIpc) is 2.41. The summed E-state index contributed by atoms with van der Waals surface area (Å²) < 4.78 is 226. The normalized spacial score (nSPS) is 19.7. The third-order valence-electron chi connectivity index (χ3n) is 3.35. The second kappa shape index (κ2) is 7.38. The van der Waals surface area contributed by atoms with Gasteiger partial charge in [0.2, 0.25) is 0 Å². The van der Waals surface area contributed by atoms with Crippen LogP contribution in [0.25, 0.3) is 0 Å². The van der Waals surface area contributed by atoms with Gasteiger partial charge in [0, 0.05) is 20.8 Å². The lowest BCUT2D eigenvalue weighted by Gasteiger charge is -2.42. The predicted octanol–water partition coefficient (Wildman–Crippen LogP) is 6.70. The number of hydrogen-bond donors (Lipinski definition) is 0. The zero-order valence-electron chi connectivity index (χ0n) is 14.7. The van der Waals surface area contributed by atoms with Gasteiger partial charge in [0.15, 0.2) is 0 Å². The van der Waals surface area contributed by atoms with Gasteiger partial charge in [-0.15, -0.1) is 0 Å². The summed E-state index contributed by atoms with van der Waals surface area (Å²) >= 11 is 0. The van der Waals surface area contributed by atoms with Crippen LogP contribution in [0.5, 0.6) is 0 Å². The molecular formula is C12H9F17O2. The summed E-state index contributed by atoms with van der Waals surface area (Å²) in [6.45, 7) is -3.32. The van der Waals surface area contributed by atoms with E-state index in [0.29, 0.717) is 0 Å². The van der Waals surface area contributed by atoms with E-state index in [1.807, 2.05) is 4.74 Å². The van der Waals surface area contributed by atoms with Crippen molar-refractivity contribution in [1.82, 2.24) is 0 Å². The van der Waals surface area contributed by atoms with E-state index in [1.54, 1.807) is 4.74 Å². The molecule has 0 N–H and O–H groups in total. The van der Waals surface area contributed by atoms with Gasteiger partial charge >= 0.3 is 47.9 Å². The standard InChI is InChI=1S/C12H9F17O2/c1-4(13,14)7(18,19)8(20,21)6(3,17)30-12(28,29)9(22,10(23,24)25)31-11(26,27)5(2,15)16/h1-3H3.